The summed E-state index contributed by atoms with van der Waals surface area (Å²) in [5.74, 6) is 0.150. The average molecular weight is 270 g/mol. The van der Waals surface area contributed by atoms with E-state index in [4.69, 9.17) is 14.6 Å². The van der Waals surface area contributed by atoms with Gasteiger partial charge in [-0.15, -0.1) is 0 Å². The van der Waals surface area contributed by atoms with Crippen LogP contribution in [0.25, 0.3) is 0 Å². The minimum Gasteiger partial charge on any atom is -0.493 e. The molecule has 0 aliphatic rings. The SMILES string of the molecule is COc1cc(CCCC(=O)O)c(C(C)F)cc1OC. The van der Waals surface area contributed by atoms with Gasteiger partial charge in [-0.2, -0.15) is 0 Å². The predicted octanol–water partition coefficient (Wildman–Crippen LogP) is 3.14. The average Bonchev–Trinajstić information content (AvgIpc) is 2.37. The summed E-state index contributed by atoms with van der Waals surface area (Å²) >= 11 is 0. The van der Waals surface area contributed by atoms with Crippen LogP contribution in [0.3, 0.4) is 0 Å². The molecule has 1 rings (SSSR count). The fraction of sp³-hybridized carbons (Fsp3) is 0.500. The van der Waals surface area contributed by atoms with Crippen LogP contribution in [-0.4, -0.2) is 25.3 Å². The van der Waals surface area contributed by atoms with E-state index >= 15 is 0 Å². The largest absolute Gasteiger partial charge is 0.493 e. The molecule has 5 heteroatoms. The maximum Gasteiger partial charge on any atom is 0.303 e. The molecule has 0 saturated carbocycles. The van der Waals surface area contributed by atoms with Gasteiger partial charge < -0.3 is 14.6 Å². The van der Waals surface area contributed by atoms with Crippen molar-refractivity contribution in [1.82, 2.24) is 0 Å². The minimum absolute atomic E-state index is 0.0639. The Labute approximate surface area is 112 Å². The minimum atomic E-state index is -1.14. The monoisotopic (exact) mass is 270 g/mol. The molecule has 4 nitrogen and oxygen atoms in total. The first-order chi connectivity index (χ1) is 8.99. The summed E-state index contributed by atoms with van der Waals surface area (Å²) < 4.78 is 23.9. The molecule has 1 aromatic carbocycles. The molecule has 0 saturated heterocycles. The van der Waals surface area contributed by atoms with Crippen molar-refractivity contribution in [2.45, 2.75) is 32.4 Å². The van der Waals surface area contributed by atoms with Gasteiger partial charge in [-0.05, 0) is 43.0 Å². The Balaban J connectivity index is 3.02. The van der Waals surface area contributed by atoms with Crippen molar-refractivity contribution < 1.29 is 23.8 Å². The summed E-state index contributed by atoms with van der Waals surface area (Å²) in [6.45, 7) is 1.45. The summed E-state index contributed by atoms with van der Waals surface area (Å²) in [6.07, 6.45) is -0.116. The summed E-state index contributed by atoms with van der Waals surface area (Å²) in [7, 11) is 3.01. The first-order valence-electron chi connectivity index (χ1n) is 6.10. The number of hydrogen-bond donors (Lipinski definition) is 1. The predicted molar refractivity (Wildman–Crippen MR) is 69.6 cm³/mol. The molecule has 0 fully saturated rings. The molecule has 0 heterocycles. The number of hydrogen-bond acceptors (Lipinski definition) is 3. The summed E-state index contributed by atoms with van der Waals surface area (Å²) in [5, 5.41) is 8.63. The second-order valence-electron chi connectivity index (χ2n) is 4.27. The highest BCUT2D eigenvalue weighted by Crippen LogP contribution is 2.34. The molecule has 19 heavy (non-hydrogen) atoms. The molecular weight excluding hydrogens is 251 g/mol. The topological polar surface area (TPSA) is 55.8 Å². The van der Waals surface area contributed by atoms with Crippen LogP contribution < -0.4 is 9.47 Å². The standard InChI is InChI=1S/C14H19FO4/c1-9(15)11-8-13(19-3)12(18-2)7-10(11)5-4-6-14(16)17/h7-9H,4-6H2,1-3H3,(H,16,17). The van der Waals surface area contributed by atoms with E-state index < -0.39 is 12.1 Å². The molecular formula is C14H19FO4. The number of alkyl halides is 1. The van der Waals surface area contributed by atoms with E-state index in [0.717, 1.165) is 5.56 Å². The number of carboxylic acid groups (broad SMARTS) is 1. The van der Waals surface area contributed by atoms with Gasteiger partial charge in [0.1, 0.15) is 6.17 Å². The van der Waals surface area contributed by atoms with Gasteiger partial charge in [-0.25, -0.2) is 4.39 Å². The van der Waals surface area contributed by atoms with Crippen LogP contribution >= 0.6 is 0 Å². The van der Waals surface area contributed by atoms with Crippen molar-refractivity contribution in [3.8, 4) is 11.5 Å². The fourth-order valence-corrected chi connectivity index (χ4v) is 1.95. The highest BCUT2D eigenvalue weighted by atomic mass is 19.1. The maximum absolute atomic E-state index is 13.6. The van der Waals surface area contributed by atoms with Crippen LogP contribution in [-0.2, 0) is 11.2 Å². The Morgan fingerprint density at radius 3 is 2.37 bits per heavy atom. The lowest BCUT2D eigenvalue weighted by Gasteiger charge is -2.15. The molecule has 1 atom stereocenters. The van der Waals surface area contributed by atoms with Gasteiger partial charge >= 0.3 is 5.97 Å². The van der Waals surface area contributed by atoms with Gasteiger partial charge in [0.15, 0.2) is 11.5 Å². The van der Waals surface area contributed by atoms with Crippen molar-refractivity contribution in [1.29, 1.82) is 0 Å². The molecule has 0 aliphatic heterocycles. The Hall–Kier alpha value is -1.78. The number of aryl methyl sites for hydroxylation is 1. The first kappa shape index (κ1) is 15.3. The summed E-state index contributed by atoms with van der Waals surface area (Å²) in [5.41, 5.74) is 1.27. The van der Waals surface area contributed by atoms with Gasteiger partial charge in [0, 0.05) is 6.42 Å². The molecule has 0 spiro atoms. The molecule has 0 amide bonds. The molecule has 0 aromatic heterocycles. The maximum atomic E-state index is 13.6. The van der Waals surface area contributed by atoms with Gasteiger partial charge in [0.2, 0.25) is 0 Å². The number of ether oxygens (including phenoxy) is 2. The molecule has 0 bridgehead atoms. The Morgan fingerprint density at radius 1 is 1.32 bits per heavy atom. The molecule has 1 aromatic rings. The quantitative estimate of drug-likeness (QED) is 0.827. The van der Waals surface area contributed by atoms with E-state index in [1.165, 1.54) is 21.1 Å². The second kappa shape index (κ2) is 6.97. The zero-order chi connectivity index (χ0) is 14.4. The number of halogens is 1. The molecule has 1 N–H and O–H groups in total. The van der Waals surface area contributed by atoms with E-state index in [9.17, 15) is 9.18 Å². The molecule has 0 aliphatic carbocycles. The normalized spacial score (nSPS) is 12.0. The van der Waals surface area contributed by atoms with Gasteiger partial charge in [0.05, 0.1) is 14.2 Å². The van der Waals surface area contributed by atoms with Crippen LogP contribution in [0.2, 0.25) is 0 Å². The summed E-state index contributed by atoms with van der Waals surface area (Å²) in [6, 6.07) is 3.33. The number of benzene rings is 1. The van der Waals surface area contributed by atoms with Gasteiger partial charge in [-0.1, -0.05) is 0 Å². The molecule has 106 valence electrons. The lowest BCUT2D eigenvalue weighted by molar-refractivity contribution is -0.137. The van der Waals surface area contributed by atoms with E-state index in [0.29, 0.717) is 29.9 Å². The lowest BCUT2D eigenvalue weighted by atomic mass is 9.98. The smallest absolute Gasteiger partial charge is 0.303 e. The molecule has 0 radical (unpaired) electrons. The van der Waals surface area contributed by atoms with Crippen molar-refractivity contribution in [3.63, 3.8) is 0 Å². The Morgan fingerprint density at radius 2 is 1.89 bits per heavy atom. The van der Waals surface area contributed by atoms with E-state index in [1.807, 2.05) is 0 Å². The third kappa shape index (κ3) is 4.12. The van der Waals surface area contributed by atoms with E-state index in [1.54, 1.807) is 12.1 Å². The van der Waals surface area contributed by atoms with Crippen LogP contribution in [0.4, 0.5) is 4.39 Å². The highest BCUT2D eigenvalue weighted by molar-refractivity contribution is 5.66. The number of carboxylic acids is 1. The van der Waals surface area contributed by atoms with Gasteiger partial charge in [-0.3, -0.25) is 4.79 Å². The summed E-state index contributed by atoms with van der Waals surface area (Å²) in [4.78, 5) is 10.5. The number of rotatable bonds is 7. The van der Waals surface area contributed by atoms with Crippen LogP contribution in [0, 0.1) is 0 Å². The zero-order valence-corrected chi connectivity index (χ0v) is 11.4. The van der Waals surface area contributed by atoms with Crippen LogP contribution in [0.15, 0.2) is 12.1 Å². The Kier molecular flexibility index (Phi) is 5.60. The van der Waals surface area contributed by atoms with Crippen molar-refractivity contribution in [2.24, 2.45) is 0 Å². The number of aliphatic carboxylic acids is 1. The highest BCUT2D eigenvalue weighted by Gasteiger charge is 2.15. The van der Waals surface area contributed by atoms with Crippen LogP contribution in [0.1, 0.15) is 37.1 Å². The third-order valence-electron chi connectivity index (χ3n) is 2.91. The van der Waals surface area contributed by atoms with Gasteiger partial charge in [0.25, 0.3) is 0 Å². The fourth-order valence-electron chi connectivity index (χ4n) is 1.95. The third-order valence-corrected chi connectivity index (χ3v) is 2.91. The van der Waals surface area contributed by atoms with E-state index in [2.05, 4.69) is 0 Å². The van der Waals surface area contributed by atoms with Crippen molar-refractivity contribution in [2.75, 3.05) is 14.2 Å². The van der Waals surface area contributed by atoms with Crippen molar-refractivity contribution in [3.05, 3.63) is 23.3 Å². The van der Waals surface area contributed by atoms with E-state index in [-0.39, 0.29) is 6.42 Å². The van der Waals surface area contributed by atoms with Crippen LogP contribution in [0.5, 0.6) is 11.5 Å². The van der Waals surface area contributed by atoms with Crippen molar-refractivity contribution >= 4 is 5.97 Å². The molecule has 1 unspecified atom stereocenters. The zero-order valence-electron chi connectivity index (χ0n) is 11.4. The Bertz CT molecular complexity index is 443. The number of methoxy groups -OCH3 is 2. The first-order valence-corrected chi connectivity index (χ1v) is 6.10. The lowest BCUT2D eigenvalue weighted by Crippen LogP contribution is -2.02. The number of carbonyl (C=O) groups is 1. The second-order valence-corrected chi connectivity index (χ2v) is 4.27.